The molecular formula is C20H26N4O. The molecule has 132 valence electrons. The van der Waals surface area contributed by atoms with Gasteiger partial charge in [0.15, 0.2) is 0 Å². The molecule has 3 rings (SSSR count). The first kappa shape index (κ1) is 17.4. The zero-order valence-corrected chi connectivity index (χ0v) is 15.2. The van der Waals surface area contributed by atoms with Crippen LogP contribution in [-0.4, -0.2) is 33.4 Å². The van der Waals surface area contributed by atoms with Crippen molar-refractivity contribution < 1.29 is 4.79 Å². The summed E-state index contributed by atoms with van der Waals surface area (Å²) in [5.41, 5.74) is 2.61. The molecule has 0 saturated carbocycles. The van der Waals surface area contributed by atoms with Gasteiger partial charge in [0.1, 0.15) is 17.3 Å². The Morgan fingerprint density at radius 1 is 1.24 bits per heavy atom. The molecule has 1 N–H and O–H groups in total. The lowest BCUT2D eigenvalue weighted by atomic mass is 9.99. The van der Waals surface area contributed by atoms with Crippen molar-refractivity contribution in [3.8, 4) is 0 Å². The summed E-state index contributed by atoms with van der Waals surface area (Å²) in [7, 11) is 0. The van der Waals surface area contributed by atoms with Gasteiger partial charge in [-0.05, 0) is 57.2 Å². The van der Waals surface area contributed by atoms with Crippen LogP contribution in [-0.2, 0) is 0 Å². The highest BCUT2D eigenvalue weighted by Gasteiger charge is 2.27. The van der Waals surface area contributed by atoms with E-state index in [1.807, 2.05) is 36.9 Å². The summed E-state index contributed by atoms with van der Waals surface area (Å²) < 4.78 is 0. The minimum atomic E-state index is 0.0179. The molecule has 5 nitrogen and oxygen atoms in total. The number of likely N-dealkylation sites (tertiary alicyclic amines) is 1. The fraction of sp³-hybridized carbons (Fsp3) is 0.450. The van der Waals surface area contributed by atoms with Gasteiger partial charge in [0.25, 0.3) is 5.91 Å². The molecule has 1 unspecified atom stereocenters. The SMILES string of the molecule is CCC1CCCCN1C(=O)c1cc(Nc2cccc(C)c2)nc(C)n1. The lowest BCUT2D eigenvalue weighted by Gasteiger charge is -2.35. The molecule has 1 aliphatic rings. The average molecular weight is 338 g/mol. The third-order valence-corrected chi connectivity index (χ3v) is 4.71. The Kier molecular flexibility index (Phi) is 5.31. The molecule has 2 aromatic rings. The lowest BCUT2D eigenvalue weighted by Crippen LogP contribution is -2.43. The Hall–Kier alpha value is -2.43. The number of anilines is 2. The van der Waals surface area contributed by atoms with Crippen LogP contribution in [0.1, 0.15) is 54.5 Å². The van der Waals surface area contributed by atoms with Crippen molar-refractivity contribution >= 4 is 17.4 Å². The van der Waals surface area contributed by atoms with E-state index in [1.165, 1.54) is 12.0 Å². The van der Waals surface area contributed by atoms with Crippen molar-refractivity contribution in [2.45, 2.75) is 52.5 Å². The molecule has 1 aromatic carbocycles. The summed E-state index contributed by atoms with van der Waals surface area (Å²) in [6, 6.07) is 10.2. The summed E-state index contributed by atoms with van der Waals surface area (Å²) in [5, 5.41) is 3.29. The summed E-state index contributed by atoms with van der Waals surface area (Å²) in [5.74, 6) is 1.28. The number of benzene rings is 1. The minimum Gasteiger partial charge on any atom is -0.340 e. The molecule has 2 heterocycles. The number of carbonyl (C=O) groups is 1. The first-order valence-electron chi connectivity index (χ1n) is 9.07. The maximum absolute atomic E-state index is 13.0. The molecule has 1 aliphatic heterocycles. The zero-order chi connectivity index (χ0) is 17.8. The molecule has 25 heavy (non-hydrogen) atoms. The van der Waals surface area contributed by atoms with Crippen molar-refractivity contribution in [3.05, 3.63) is 47.4 Å². The Bertz CT molecular complexity index is 759. The third kappa shape index (κ3) is 4.16. The fourth-order valence-corrected chi connectivity index (χ4v) is 3.45. The van der Waals surface area contributed by atoms with Gasteiger partial charge in [-0.1, -0.05) is 19.1 Å². The van der Waals surface area contributed by atoms with Crippen LogP contribution in [0.2, 0.25) is 0 Å². The molecule has 0 spiro atoms. The monoisotopic (exact) mass is 338 g/mol. The fourth-order valence-electron chi connectivity index (χ4n) is 3.45. The van der Waals surface area contributed by atoms with Gasteiger partial charge in [0.05, 0.1) is 0 Å². The summed E-state index contributed by atoms with van der Waals surface area (Å²) in [6.45, 7) is 6.84. The largest absolute Gasteiger partial charge is 0.340 e. The average Bonchev–Trinajstić information content (AvgIpc) is 2.60. The highest BCUT2D eigenvalue weighted by atomic mass is 16.2. The number of carbonyl (C=O) groups excluding carboxylic acids is 1. The molecule has 1 fully saturated rings. The Morgan fingerprint density at radius 3 is 2.84 bits per heavy atom. The van der Waals surface area contributed by atoms with Crippen molar-refractivity contribution in [2.24, 2.45) is 0 Å². The van der Waals surface area contributed by atoms with E-state index in [0.717, 1.165) is 31.5 Å². The molecule has 1 aromatic heterocycles. The summed E-state index contributed by atoms with van der Waals surface area (Å²) in [6.07, 6.45) is 4.34. The second-order valence-corrected chi connectivity index (χ2v) is 6.74. The number of rotatable bonds is 4. The third-order valence-electron chi connectivity index (χ3n) is 4.71. The number of hydrogen-bond acceptors (Lipinski definition) is 4. The number of aromatic nitrogens is 2. The van der Waals surface area contributed by atoms with Gasteiger partial charge in [-0.2, -0.15) is 0 Å². The Balaban J connectivity index is 1.84. The molecule has 5 heteroatoms. The van der Waals surface area contributed by atoms with Crippen molar-refractivity contribution in [3.63, 3.8) is 0 Å². The van der Waals surface area contributed by atoms with Gasteiger partial charge in [0, 0.05) is 24.3 Å². The van der Waals surface area contributed by atoms with Crippen molar-refractivity contribution in [1.82, 2.24) is 14.9 Å². The first-order valence-corrected chi connectivity index (χ1v) is 9.07. The number of piperidine rings is 1. The van der Waals surface area contributed by atoms with Gasteiger partial charge < -0.3 is 10.2 Å². The van der Waals surface area contributed by atoms with E-state index in [4.69, 9.17) is 0 Å². The van der Waals surface area contributed by atoms with E-state index in [2.05, 4.69) is 28.3 Å². The smallest absolute Gasteiger partial charge is 0.272 e. The van der Waals surface area contributed by atoms with Crippen LogP contribution in [0.15, 0.2) is 30.3 Å². The van der Waals surface area contributed by atoms with Crippen LogP contribution < -0.4 is 5.32 Å². The standard InChI is InChI=1S/C20H26N4O/c1-4-17-10-5-6-11-24(17)20(25)18-13-19(22-15(3)21-18)23-16-9-7-8-14(2)12-16/h7-9,12-13,17H,4-6,10-11H2,1-3H3,(H,21,22,23). The maximum Gasteiger partial charge on any atom is 0.272 e. The number of amides is 1. The van der Waals surface area contributed by atoms with Crippen LogP contribution in [0.5, 0.6) is 0 Å². The number of nitrogens with one attached hydrogen (secondary N) is 1. The Morgan fingerprint density at radius 2 is 2.08 bits per heavy atom. The molecular weight excluding hydrogens is 312 g/mol. The quantitative estimate of drug-likeness (QED) is 0.906. The van der Waals surface area contributed by atoms with Crippen LogP contribution >= 0.6 is 0 Å². The van der Waals surface area contributed by atoms with E-state index in [0.29, 0.717) is 23.4 Å². The Labute approximate surface area is 149 Å². The van der Waals surface area contributed by atoms with Gasteiger partial charge in [0.2, 0.25) is 0 Å². The minimum absolute atomic E-state index is 0.0179. The van der Waals surface area contributed by atoms with E-state index in [9.17, 15) is 4.79 Å². The maximum atomic E-state index is 13.0. The van der Waals surface area contributed by atoms with Gasteiger partial charge in [-0.25, -0.2) is 9.97 Å². The van der Waals surface area contributed by atoms with Crippen LogP contribution in [0.25, 0.3) is 0 Å². The number of nitrogens with zero attached hydrogens (tertiary/aromatic N) is 3. The predicted molar refractivity (Wildman–Crippen MR) is 100 cm³/mol. The number of hydrogen-bond donors (Lipinski definition) is 1. The van der Waals surface area contributed by atoms with Crippen LogP contribution in [0.3, 0.4) is 0 Å². The van der Waals surface area contributed by atoms with Crippen molar-refractivity contribution in [2.75, 3.05) is 11.9 Å². The molecule has 0 aliphatic carbocycles. The second kappa shape index (κ2) is 7.64. The van der Waals surface area contributed by atoms with Gasteiger partial charge >= 0.3 is 0 Å². The highest BCUT2D eigenvalue weighted by Crippen LogP contribution is 2.23. The predicted octanol–water partition coefficient (Wildman–Crippen LogP) is 4.24. The summed E-state index contributed by atoms with van der Waals surface area (Å²) in [4.78, 5) is 23.8. The molecule has 0 bridgehead atoms. The zero-order valence-electron chi connectivity index (χ0n) is 15.2. The molecule has 1 amide bonds. The topological polar surface area (TPSA) is 58.1 Å². The van der Waals surface area contributed by atoms with Crippen molar-refractivity contribution in [1.29, 1.82) is 0 Å². The first-order chi connectivity index (χ1) is 12.1. The normalized spacial score (nSPS) is 17.4. The lowest BCUT2D eigenvalue weighted by molar-refractivity contribution is 0.0601. The van der Waals surface area contributed by atoms with Gasteiger partial charge in [-0.15, -0.1) is 0 Å². The van der Waals surface area contributed by atoms with E-state index in [-0.39, 0.29) is 5.91 Å². The highest BCUT2D eigenvalue weighted by molar-refractivity contribution is 5.93. The van der Waals surface area contributed by atoms with Crippen LogP contribution in [0.4, 0.5) is 11.5 Å². The molecule has 1 saturated heterocycles. The number of aryl methyl sites for hydroxylation is 2. The second-order valence-electron chi connectivity index (χ2n) is 6.74. The van der Waals surface area contributed by atoms with Gasteiger partial charge in [-0.3, -0.25) is 4.79 Å². The van der Waals surface area contributed by atoms with E-state index < -0.39 is 0 Å². The van der Waals surface area contributed by atoms with E-state index in [1.54, 1.807) is 6.07 Å². The van der Waals surface area contributed by atoms with E-state index >= 15 is 0 Å². The molecule has 0 radical (unpaired) electrons. The van der Waals surface area contributed by atoms with Crippen LogP contribution in [0, 0.1) is 13.8 Å². The summed E-state index contributed by atoms with van der Waals surface area (Å²) >= 11 is 0. The molecule has 1 atom stereocenters.